The molecular weight excluding hydrogens is 278 g/mol. The van der Waals surface area contributed by atoms with Crippen LogP contribution >= 0.6 is 0 Å². The summed E-state index contributed by atoms with van der Waals surface area (Å²) in [6.45, 7) is 2.45. The van der Waals surface area contributed by atoms with Crippen molar-refractivity contribution >= 4 is 17.5 Å². The lowest BCUT2D eigenvalue weighted by atomic mass is 10.1. The van der Waals surface area contributed by atoms with Crippen LogP contribution in [0.2, 0.25) is 0 Å². The summed E-state index contributed by atoms with van der Waals surface area (Å²) in [7, 11) is 1.92. The molecule has 2 amide bonds. The molecule has 22 heavy (non-hydrogen) atoms. The Hall–Kier alpha value is -1.88. The average Bonchev–Trinajstić information content (AvgIpc) is 3.16. The normalized spacial score (nSPS) is 21.7. The van der Waals surface area contributed by atoms with Gasteiger partial charge in [0.2, 0.25) is 5.91 Å². The number of carbonyl (C=O) groups is 2. The topological polar surface area (TPSA) is 52.7 Å². The van der Waals surface area contributed by atoms with E-state index in [1.165, 1.54) is 0 Å². The molecule has 1 N–H and O–H groups in total. The first kappa shape index (κ1) is 15.0. The molecule has 118 valence electrons. The summed E-state index contributed by atoms with van der Waals surface area (Å²) < 4.78 is 0. The third-order valence-electron chi connectivity index (χ3n) is 4.58. The molecule has 2 saturated heterocycles. The van der Waals surface area contributed by atoms with E-state index in [9.17, 15) is 9.59 Å². The number of likely N-dealkylation sites (tertiary alicyclic amines) is 1. The average molecular weight is 301 g/mol. The van der Waals surface area contributed by atoms with E-state index < -0.39 is 0 Å². The zero-order valence-electron chi connectivity index (χ0n) is 13.0. The van der Waals surface area contributed by atoms with Gasteiger partial charge in [-0.2, -0.15) is 0 Å². The number of anilines is 1. The molecule has 1 aromatic carbocycles. The molecule has 2 heterocycles. The molecule has 5 heteroatoms. The lowest BCUT2D eigenvalue weighted by Crippen LogP contribution is -2.40. The van der Waals surface area contributed by atoms with E-state index in [1.54, 1.807) is 4.90 Å². The summed E-state index contributed by atoms with van der Waals surface area (Å²) >= 11 is 0. The highest BCUT2D eigenvalue weighted by atomic mass is 16.2. The van der Waals surface area contributed by atoms with E-state index in [0.717, 1.165) is 44.6 Å². The van der Waals surface area contributed by atoms with Crippen LogP contribution in [0.3, 0.4) is 0 Å². The van der Waals surface area contributed by atoms with E-state index in [2.05, 4.69) is 5.32 Å². The summed E-state index contributed by atoms with van der Waals surface area (Å²) in [5.74, 6) is 0.268. The Morgan fingerprint density at radius 2 is 2.00 bits per heavy atom. The minimum atomic E-state index is 0.0945. The predicted octanol–water partition coefficient (Wildman–Crippen LogP) is 1.64. The number of nitrogens with zero attached hydrogens (tertiary/aromatic N) is 2. The Kier molecular flexibility index (Phi) is 4.43. The van der Waals surface area contributed by atoms with Gasteiger partial charge in [0.25, 0.3) is 5.91 Å². The fourth-order valence-corrected chi connectivity index (χ4v) is 3.42. The molecule has 1 aromatic rings. The molecule has 5 nitrogen and oxygen atoms in total. The van der Waals surface area contributed by atoms with Gasteiger partial charge in [0.1, 0.15) is 0 Å². The van der Waals surface area contributed by atoms with Gasteiger partial charge in [0.05, 0.1) is 0 Å². The van der Waals surface area contributed by atoms with Gasteiger partial charge >= 0.3 is 0 Å². The number of rotatable bonds is 4. The number of carbonyl (C=O) groups excluding carboxylic acids is 2. The maximum Gasteiger partial charge on any atom is 0.254 e. The highest BCUT2D eigenvalue weighted by Gasteiger charge is 2.29. The second kappa shape index (κ2) is 6.48. The van der Waals surface area contributed by atoms with Crippen molar-refractivity contribution in [3.8, 4) is 0 Å². The molecule has 2 aliphatic heterocycles. The van der Waals surface area contributed by atoms with Crippen LogP contribution in [0.4, 0.5) is 5.69 Å². The molecule has 2 aliphatic rings. The quantitative estimate of drug-likeness (QED) is 0.920. The predicted molar refractivity (Wildman–Crippen MR) is 86.0 cm³/mol. The molecule has 0 aliphatic carbocycles. The third kappa shape index (κ3) is 2.86. The molecule has 0 saturated carbocycles. The standard InChI is InChI=1S/C17H23N3O2/c1-18-12-15-4-2-11-20(15)17(22)13-6-8-14(9-7-13)19-10-3-5-16(19)21/h6-9,15,18H,2-5,10-12H2,1H3. The fourth-order valence-electron chi connectivity index (χ4n) is 3.42. The first-order valence-corrected chi connectivity index (χ1v) is 8.06. The van der Waals surface area contributed by atoms with Crippen molar-refractivity contribution < 1.29 is 9.59 Å². The lowest BCUT2D eigenvalue weighted by molar-refractivity contribution is -0.117. The Labute approximate surface area is 131 Å². The smallest absolute Gasteiger partial charge is 0.254 e. The molecule has 0 radical (unpaired) electrons. The number of amides is 2. The minimum absolute atomic E-state index is 0.0945. The first-order chi connectivity index (χ1) is 10.7. The van der Waals surface area contributed by atoms with E-state index in [0.29, 0.717) is 12.0 Å². The van der Waals surface area contributed by atoms with E-state index >= 15 is 0 Å². The van der Waals surface area contributed by atoms with Gasteiger partial charge in [-0.05, 0) is 50.6 Å². The van der Waals surface area contributed by atoms with Crippen LogP contribution in [-0.2, 0) is 4.79 Å². The molecular formula is C17H23N3O2. The van der Waals surface area contributed by atoms with Crippen LogP contribution in [-0.4, -0.2) is 49.4 Å². The van der Waals surface area contributed by atoms with Gasteiger partial charge in [0.15, 0.2) is 0 Å². The summed E-state index contributed by atoms with van der Waals surface area (Å²) in [4.78, 5) is 28.2. The van der Waals surface area contributed by atoms with Crippen molar-refractivity contribution in [1.82, 2.24) is 10.2 Å². The summed E-state index contributed by atoms with van der Waals surface area (Å²) in [5.41, 5.74) is 1.60. The second-order valence-corrected chi connectivity index (χ2v) is 6.05. The van der Waals surface area contributed by atoms with Crippen molar-refractivity contribution in [2.45, 2.75) is 31.7 Å². The van der Waals surface area contributed by atoms with Gasteiger partial charge in [-0.15, -0.1) is 0 Å². The van der Waals surface area contributed by atoms with Gasteiger partial charge in [-0.25, -0.2) is 0 Å². The second-order valence-electron chi connectivity index (χ2n) is 6.05. The largest absolute Gasteiger partial charge is 0.334 e. The number of likely N-dealkylation sites (N-methyl/N-ethyl adjacent to an activating group) is 1. The van der Waals surface area contributed by atoms with Crippen LogP contribution in [0.1, 0.15) is 36.0 Å². The van der Waals surface area contributed by atoms with Crippen molar-refractivity contribution in [1.29, 1.82) is 0 Å². The molecule has 0 bridgehead atoms. The van der Waals surface area contributed by atoms with Crippen LogP contribution < -0.4 is 10.2 Å². The SMILES string of the molecule is CNCC1CCCN1C(=O)c1ccc(N2CCCC2=O)cc1. The van der Waals surface area contributed by atoms with Crippen LogP contribution in [0.5, 0.6) is 0 Å². The molecule has 0 spiro atoms. The first-order valence-electron chi connectivity index (χ1n) is 8.06. The molecule has 1 unspecified atom stereocenters. The van der Waals surface area contributed by atoms with Gasteiger partial charge < -0.3 is 15.1 Å². The summed E-state index contributed by atoms with van der Waals surface area (Å²) in [6, 6.07) is 7.76. The van der Waals surface area contributed by atoms with Crippen molar-refractivity contribution in [3.63, 3.8) is 0 Å². The van der Waals surface area contributed by atoms with E-state index in [-0.39, 0.29) is 17.9 Å². The number of nitrogens with one attached hydrogen (secondary N) is 1. The zero-order chi connectivity index (χ0) is 15.5. The minimum Gasteiger partial charge on any atom is -0.334 e. The molecule has 1 atom stereocenters. The fraction of sp³-hybridized carbons (Fsp3) is 0.529. The Balaban J connectivity index is 1.72. The van der Waals surface area contributed by atoms with Gasteiger partial charge in [-0.3, -0.25) is 9.59 Å². The Bertz CT molecular complexity index is 556. The highest BCUT2D eigenvalue weighted by molar-refractivity contribution is 5.97. The maximum absolute atomic E-state index is 12.6. The Morgan fingerprint density at radius 1 is 1.23 bits per heavy atom. The van der Waals surface area contributed by atoms with Crippen LogP contribution in [0.15, 0.2) is 24.3 Å². The van der Waals surface area contributed by atoms with Crippen molar-refractivity contribution in [2.24, 2.45) is 0 Å². The molecule has 0 aromatic heterocycles. The third-order valence-corrected chi connectivity index (χ3v) is 4.58. The van der Waals surface area contributed by atoms with Gasteiger partial charge in [-0.1, -0.05) is 0 Å². The van der Waals surface area contributed by atoms with Crippen molar-refractivity contribution in [3.05, 3.63) is 29.8 Å². The summed E-state index contributed by atoms with van der Waals surface area (Å²) in [5, 5.41) is 3.16. The maximum atomic E-state index is 12.6. The van der Waals surface area contributed by atoms with Crippen LogP contribution in [0, 0.1) is 0 Å². The lowest BCUT2D eigenvalue weighted by Gasteiger charge is -2.25. The highest BCUT2D eigenvalue weighted by Crippen LogP contribution is 2.24. The monoisotopic (exact) mass is 301 g/mol. The van der Waals surface area contributed by atoms with Crippen molar-refractivity contribution in [2.75, 3.05) is 31.6 Å². The zero-order valence-corrected chi connectivity index (χ0v) is 13.0. The van der Waals surface area contributed by atoms with E-state index in [1.807, 2.05) is 36.2 Å². The number of benzene rings is 1. The molecule has 3 rings (SSSR count). The molecule has 2 fully saturated rings. The number of hydrogen-bond donors (Lipinski definition) is 1. The van der Waals surface area contributed by atoms with Crippen LogP contribution in [0.25, 0.3) is 0 Å². The Morgan fingerprint density at radius 3 is 2.64 bits per heavy atom. The number of hydrogen-bond acceptors (Lipinski definition) is 3. The van der Waals surface area contributed by atoms with E-state index in [4.69, 9.17) is 0 Å². The van der Waals surface area contributed by atoms with Gasteiger partial charge in [0, 0.05) is 43.3 Å². The summed E-state index contributed by atoms with van der Waals surface area (Å²) in [6.07, 6.45) is 3.67.